The summed E-state index contributed by atoms with van der Waals surface area (Å²) in [6.45, 7) is 4.95. The van der Waals surface area contributed by atoms with Crippen LogP contribution in [0.3, 0.4) is 0 Å². The van der Waals surface area contributed by atoms with Crippen LogP contribution < -0.4 is 0 Å². The second-order valence-electron chi connectivity index (χ2n) is 9.90. The normalized spacial score (nSPS) is 34.2. The molecule has 0 spiro atoms. The number of aromatic nitrogens is 1. The zero-order valence-corrected chi connectivity index (χ0v) is 17.3. The fraction of sp³-hybridized carbons (Fsp3) is 0.826. The van der Waals surface area contributed by atoms with E-state index in [0.717, 1.165) is 19.0 Å². The summed E-state index contributed by atoms with van der Waals surface area (Å²) in [5.41, 5.74) is 0.488. The lowest BCUT2D eigenvalue weighted by molar-refractivity contribution is -0.0726. The largest absolute Gasteiger partial charge is 0.361 e. The number of fused-ring (bicyclic) bond motifs is 4. The molecule has 4 fully saturated rings. The molecule has 1 aromatic rings. The van der Waals surface area contributed by atoms with E-state index in [0.29, 0.717) is 35.4 Å². The van der Waals surface area contributed by atoms with Gasteiger partial charge in [0, 0.05) is 31.2 Å². The SMILES string of the molecule is Cc1cc(C(=O)N2C[C@H]3C[C@@H](C2)[C@H](CC2CCCCC2)N2CCCC[C@@H]32)no1. The topological polar surface area (TPSA) is 49.6 Å². The molecular formula is C23H35N3O2. The number of amides is 1. The van der Waals surface area contributed by atoms with E-state index in [1.165, 1.54) is 70.8 Å². The number of rotatable bonds is 3. The molecule has 0 radical (unpaired) electrons. The third-order valence-corrected chi connectivity index (χ3v) is 8.06. The lowest BCUT2D eigenvalue weighted by Crippen LogP contribution is -2.64. The van der Waals surface area contributed by atoms with Crippen molar-refractivity contribution in [2.24, 2.45) is 17.8 Å². The first kappa shape index (κ1) is 18.7. The first-order valence-electron chi connectivity index (χ1n) is 11.7. The second kappa shape index (κ2) is 7.81. The Morgan fingerprint density at radius 3 is 2.68 bits per heavy atom. The Morgan fingerprint density at radius 1 is 1.11 bits per heavy atom. The van der Waals surface area contributed by atoms with Gasteiger partial charge in [0.15, 0.2) is 5.69 Å². The predicted molar refractivity (Wildman–Crippen MR) is 108 cm³/mol. The summed E-state index contributed by atoms with van der Waals surface area (Å²) in [5.74, 6) is 2.97. The van der Waals surface area contributed by atoms with E-state index in [4.69, 9.17) is 4.52 Å². The summed E-state index contributed by atoms with van der Waals surface area (Å²) < 4.78 is 5.17. The van der Waals surface area contributed by atoms with E-state index in [9.17, 15) is 4.79 Å². The fourth-order valence-electron chi connectivity index (χ4n) is 6.79. The van der Waals surface area contributed by atoms with Crippen LogP contribution in [-0.2, 0) is 0 Å². The third kappa shape index (κ3) is 3.51. The molecule has 3 saturated heterocycles. The number of carbonyl (C=O) groups excluding carboxylic acids is 1. The molecule has 3 aliphatic heterocycles. The molecule has 4 aliphatic rings. The van der Waals surface area contributed by atoms with E-state index in [1.54, 1.807) is 6.07 Å². The standard InChI is InChI=1S/C23H35N3O2/c1-16-11-20(24-28-16)23(27)25-14-18-13-19(15-25)22(12-17-7-3-2-4-8-17)26-10-6-5-9-21(18)26/h11,17-19,21-22H,2-10,12-15H2,1H3/t18-,19+,21+,22+/m1/s1. The number of likely N-dealkylation sites (tertiary alicyclic amines) is 1. The minimum Gasteiger partial charge on any atom is -0.361 e. The lowest BCUT2D eigenvalue weighted by Gasteiger charge is -2.57. The quantitative estimate of drug-likeness (QED) is 0.780. The van der Waals surface area contributed by atoms with Crippen LogP contribution in [0.15, 0.2) is 10.6 Å². The maximum Gasteiger partial charge on any atom is 0.276 e. The van der Waals surface area contributed by atoms with E-state index in [-0.39, 0.29) is 5.91 Å². The van der Waals surface area contributed by atoms with Crippen LogP contribution in [0.4, 0.5) is 0 Å². The average molecular weight is 386 g/mol. The van der Waals surface area contributed by atoms with E-state index >= 15 is 0 Å². The summed E-state index contributed by atoms with van der Waals surface area (Å²) in [7, 11) is 0. The Morgan fingerprint density at radius 2 is 1.89 bits per heavy atom. The molecule has 28 heavy (non-hydrogen) atoms. The summed E-state index contributed by atoms with van der Waals surface area (Å²) in [4.78, 5) is 18.1. The van der Waals surface area contributed by atoms with Gasteiger partial charge in [0.1, 0.15) is 5.76 Å². The molecule has 5 rings (SSSR count). The molecule has 1 amide bonds. The van der Waals surface area contributed by atoms with E-state index < -0.39 is 0 Å². The highest BCUT2D eigenvalue weighted by molar-refractivity contribution is 5.92. The van der Waals surface area contributed by atoms with Crippen molar-refractivity contribution in [2.45, 2.75) is 83.2 Å². The minimum atomic E-state index is 0.0761. The van der Waals surface area contributed by atoms with Gasteiger partial charge < -0.3 is 9.42 Å². The van der Waals surface area contributed by atoms with Crippen molar-refractivity contribution in [3.05, 3.63) is 17.5 Å². The number of carbonyl (C=O) groups is 1. The zero-order chi connectivity index (χ0) is 19.1. The molecule has 1 aromatic heterocycles. The molecule has 5 heteroatoms. The first-order valence-corrected chi connectivity index (χ1v) is 11.7. The van der Waals surface area contributed by atoms with Gasteiger partial charge in [-0.25, -0.2) is 0 Å². The van der Waals surface area contributed by atoms with Crippen molar-refractivity contribution in [1.82, 2.24) is 15.0 Å². The van der Waals surface area contributed by atoms with Crippen LogP contribution in [0, 0.1) is 24.7 Å². The smallest absolute Gasteiger partial charge is 0.276 e. The number of aryl methyl sites for hydroxylation is 1. The Balaban J connectivity index is 1.36. The summed E-state index contributed by atoms with van der Waals surface area (Å²) in [6, 6.07) is 3.16. The molecule has 1 saturated carbocycles. The van der Waals surface area contributed by atoms with Crippen LogP contribution >= 0.6 is 0 Å². The maximum atomic E-state index is 13.1. The Labute approximate surface area is 168 Å². The number of piperidine rings is 3. The molecule has 4 heterocycles. The summed E-state index contributed by atoms with van der Waals surface area (Å²) >= 11 is 0. The van der Waals surface area contributed by atoms with Gasteiger partial charge in [0.25, 0.3) is 5.91 Å². The van der Waals surface area contributed by atoms with Gasteiger partial charge in [-0.3, -0.25) is 9.69 Å². The highest BCUT2D eigenvalue weighted by atomic mass is 16.5. The van der Waals surface area contributed by atoms with Crippen LogP contribution in [0.25, 0.3) is 0 Å². The van der Waals surface area contributed by atoms with Gasteiger partial charge in [-0.05, 0) is 56.9 Å². The molecule has 1 aliphatic carbocycles. The molecule has 4 atom stereocenters. The van der Waals surface area contributed by atoms with Gasteiger partial charge in [-0.1, -0.05) is 43.7 Å². The number of hydrogen-bond donors (Lipinski definition) is 0. The van der Waals surface area contributed by atoms with Crippen LogP contribution in [0.5, 0.6) is 0 Å². The van der Waals surface area contributed by atoms with Crippen molar-refractivity contribution >= 4 is 5.91 Å². The van der Waals surface area contributed by atoms with Crippen molar-refractivity contribution in [3.63, 3.8) is 0 Å². The van der Waals surface area contributed by atoms with Gasteiger partial charge in [0.2, 0.25) is 0 Å². The first-order chi connectivity index (χ1) is 13.7. The number of hydrogen-bond acceptors (Lipinski definition) is 4. The van der Waals surface area contributed by atoms with Crippen LogP contribution in [-0.4, -0.2) is 52.6 Å². The van der Waals surface area contributed by atoms with Crippen molar-refractivity contribution in [1.29, 1.82) is 0 Å². The molecular weight excluding hydrogens is 350 g/mol. The van der Waals surface area contributed by atoms with Crippen molar-refractivity contribution in [2.75, 3.05) is 19.6 Å². The minimum absolute atomic E-state index is 0.0761. The van der Waals surface area contributed by atoms with E-state index in [1.807, 2.05) is 6.92 Å². The maximum absolute atomic E-state index is 13.1. The third-order valence-electron chi connectivity index (χ3n) is 8.06. The average Bonchev–Trinajstić information content (AvgIpc) is 3.17. The second-order valence-corrected chi connectivity index (χ2v) is 9.90. The highest BCUT2D eigenvalue weighted by Gasteiger charge is 2.48. The summed E-state index contributed by atoms with van der Waals surface area (Å²) in [6.07, 6.45) is 13.8. The Kier molecular flexibility index (Phi) is 5.20. The van der Waals surface area contributed by atoms with Crippen molar-refractivity contribution in [3.8, 4) is 0 Å². The monoisotopic (exact) mass is 385 g/mol. The summed E-state index contributed by atoms with van der Waals surface area (Å²) in [5, 5.41) is 4.00. The number of nitrogens with zero attached hydrogens (tertiary/aromatic N) is 3. The van der Waals surface area contributed by atoms with E-state index in [2.05, 4.69) is 15.0 Å². The lowest BCUT2D eigenvalue weighted by atomic mass is 9.69. The predicted octanol–water partition coefficient (Wildman–Crippen LogP) is 4.27. The molecule has 0 N–H and O–H groups in total. The molecule has 154 valence electrons. The highest BCUT2D eigenvalue weighted by Crippen LogP contribution is 2.44. The molecule has 5 nitrogen and oxygen atoms in total. The molecule has 0 unspecified atom stereocenters. The van der Waals surface area contributed by atoms with Crippen LogP contribution in [0.1, 0.15) is 80.5 Å². The fourth-order valence-corrected chi connectivity index (χ4v) is 6.79. The Hall–Kier alpha value is -1.36. The zero-order valence-electron chi connectivity index (χ0n) is 17.3. The van der Waals surface area contributed by atoms with Gasteiger partial charge >= 0.3 is 0 Å². The molecule has 2 bridgehead atoms. The van der Waals surface area contributed by atoms with Gasteiger partial charge in [0.05, 0.1) is 0 Å². The van der Waals surface area contributed by atoms with Gasteiger partial charge in [-0.15, -0.1) is 0 Å². The van der Waals surface area contributed by atoms with Crippen LogP contribution in [0.2, 0.25) is 0 Å². The van der Waals surface area contributed by atoms with Gasteiger partial charge in [-0.2, -0.15) is 0 Å². The van der Waals surface area contributed by atoms with Crippen molar-refractivity contribution < 1.29 is 9.32 Å². The molecule has 0 aromatic carbocycles. The Bertz CT molecular complexity index is 696.